The van der Waals surface area contributed by atoms with Gasteiger partial charge >= 0.3 is 5.97 Å². The smallest absolute Gasteiger partial charge is 0.344 e. The maximum absolute atomic E-state index is 13.0. The van der Waals surface area contributed by atoms with Crippen LogP contribution in [0.15, 0.2) is 60.7 Å². The Kier molecular flexibility index (Phi) is 6.78. The van der Waals surface area contributed by atoms with Crippen molar-refractivity contribution < 1.29 is 14.3 Å². The van der Waals surface area contributed by atoms with Gasteiger partial charge in [-0.3, -0.25) is 4.79 Å². The lowest BCUT2D eigenvalue weighted by atomic mass is 10.2. The van der Waals surface area contributed by atoms with Crippen LogP contribution in [0.25, 0.3) is 28.3 Å². The Morgan fingerprint density at radius 3 is 2.39 bits per heavy atom. The molecular formula is C26H26N4O3. The van der Waals surface area contributed by atoms with E-state index >= 15 is 0 Å². The topological polar surface area (TPSA) is 86.1 Å². The molecule has 0 radical (unpaired) electrons. The van der Waals surface area contributed by atoms with Gasteiger partial charge in [0.15, 0.2) is 5.65 Å². The first kappa shape index (κ1) is 22.2. The largest absolute Gasteiger partial charge is 0.462 e. The highest BCUT2D eigenvalue weighted by atomic mass is 16.5. The minimum Gasteiger partial charge on any atom is -0.462 e. The van der Waals surface area contributed by atoms with Crippen LogP contribution in [0.2, 0.25) is 0 Å². The molecule has 33 heavy (non-hydrogen) atoms. The van der Waals surface area contributed by atoms with Crippen LogP contribution < -0.4 is 5.32 Å². The summed E-state index contributed by atoms with van der Waals surface area (Å²) in [6.07, 6.45) is 4.96. The number of ether oxygens (including phenoxy) is 1. The molecule has 0 saturated heterocycles. The number of unbranched alkanes of at least 4 members (excludes halogenated alkanes) is 1. The minimum atomic E-state index is -0.537. The number of rotatable bonds is 8. The van der Waals surface area contributed by atoms with Crippen molar-refractivity contribution in [2.45, 2.75) is 33.2 Å². The number of carbonyl (C=O) groups is 2. The molecule has 4 rings (SSSR count). The number of para-hydroxylation sites is 2. The normalized spacial score (nSPS) is 11.3. The van der Waals surface area contributed by atoms with E-state index in [1.54, 1.807) is 13.0 Å². The van der Waals surface area contributed by atoms with Crippen molar-refractivity contribution in [3.63, 3.8) is 0 Å². The number of carbonyl (C=O) groups excluding carboxylic acids is 2. The third-order valence-corrected chi connectivity index (χ3v) is 5.23. The number of amides is 1. The van der Waals surface area contributed by atoms with Crippen molar-refractivity contribution in [3.05, 3.63) is 71.8 Å². The van der Waals surface area contributed by atoms with Crippen LogP contribution in [0.1, 0.15) is 42.6 Å². The van der Waals surface area contributed by atoms with Gasteiger partial charge in [0.1, 0.15) is 16.9 Å². The zero-order valence-electron chi connectivity index (χ0n) is 18.7. The van der Waals surface area contributed by atoms with Crippen LogP contribution in [0.5, 0.6) is 0 Å². The fourth-order valence-electron chi connectivity index (χ4n) is 3.65. The van der Waals surface area contributed by atoms with Gasteiger partial charge in [0.05, 0.1) is 17.6 Å². The molecule has 0 aliphatic rings. The summed E-state index contributed by atoms with van der Waals surface area (Å²) in [5, 5.41) is 2.90. The van der Waals surface area contributed by atoms with Gasteiger partial charge in [0.2, 0.25) is 5.91 Å². The van der Waals surface area contributed by atoms with Gasteiger partial charge in [0.25, 0.3) is 0 Å². The molecule has 1 amide bonds. The number of anilines is 1. The fourth-order valence-corrected chi connectivity index (χ4v) is 3.65. The molecule has 2 heterocycles. The third-order valence-electron chi connectivity index (χ3n) is 5.23. The number of fused-ring (bicyclic) bond motifs is 2. The third kappa shape index (κ3) is 4.77. The summed E-state index contributed by atoms with van der Waals surface area (Å²) in [6.45, 7) is 4.62. The van der Waals surface area contributed by atoms with Crippen molar-refractivity contribution in [1.29, 1.82) is 0 Å². The molecule has 0 atom stereocenters. The predicted molar refractivity (Wildman–Crippen MR) is 130 cm³/mol. The van der Waals surface area contributed by atoms with Crippen LogP contribution in [-0.4, -0.2) is 33.0 Å². The SMILES string of the molecule is CCCCn1c(NC(=O)/C=C/c2ccccc2)c(C(=O)OCC)c2nc3ccccc3nc21. The molecule has 0 aliphatic carbocycles. The molecule has 4 aromatic rings. The molecule has 7 heteroatoms. The molecule has 0 fully saturated rings. The molecule has 2 aromatic heterocycles. The highest BCUT2D eigenvalue weighted by Crippen LogP contribution is 2.31. The number of aryl methyl sites for hydroxylation is 1. The molecule has 1 N–H and O–H groups in total. The molecule has 2 aromatic carbocycles. The van der Waals surface area contributed by atoms with Crippen molar-refractivity contribution in [2.24, 2.45) is 0 Å². The Labute approximate surface area is 192 Å². The lowest BCUT2D eigenvalue weighted by molar-refractivity contribution is -0.111. The number of nitrogens with zero attached hydrogens (tertiary/aromatic N) is 3. The first-order chi connectivity index (χ1) is 16.1. The number of aromatic nitrogens is 3. The van der Waals surface area contributed by atoms with E-state index in [0.717, 1.165) is 23.9 Å². The summed E-state index contributed by atoms with van der Waals surface area (Å²) in [4.78, 5) is 35.3. The second kappa shape index (κ2) is 10.1. The Bertz CT molecular complexity index is 1330. The lowest BCUT2D eigenvalue weighted by Crippen LogP contribution is -2.16. The Balaban J connectivity index is 1.84. The van der Waals surface area contributed by atoms with E-state index in [1.165, 1.54) is 6.08 Å². The van der Waals surface area contributed by atoms with Crippen molar-refractivity contribution in [3.8, 4) is 0 Å². The molecular weight excluding hydrogens is 416 g/mol. The molecule has 0 aliphatic heterocycles. The molecule has 0 unspecified atom stereocenters. The van der Waals surface area contributed by atoms with Crippen LogP contribution in [0.4, 0.5) is 5.82 Å². The van der Waals surface area contributed by atoms with Crippen LogP contribution >= 0.6 is 0 Å². The minimum absolute atomic E-state index is 0.211. The van der Waals surface area contributed by atoms with Crippen LogP contribution in [0.3, 0.4) is 0 Å². The number of benzene rings is 2. The van der Waals surface area contributed by atoms with Gasteiger partial charge in [-0.25, -0.2) is 14.8 Å². The second-order valence-corrected chi connectivity index (χ2v) is 7.57. The lowest BCUT2D eigenvalue weighted by Gasteiger charge is -2.11. The van der Waals surface area contributed by atoms with Crippen molar-refractivity contribution >= 4 is 46.0 Å². The van der Waals surface area contributed by atoms with Crippen LogP contribution in [0, 0.1) is 0 Å². The summed E-state index contributed by atoms with van der Waals surface area (Å²) in [5.41, 5.74) is 3.49. The summed E-state index contributed by atoms with van der Waals surface area (Å²) in [5.74, 6) is -0.533. The zero-order valence-corrected chi connectivity index (χ0v) is 18.7. The van der Waals surface area contributed by atoms with E-state index in [2.05, 4.69) is 12.2 Å². The summed E-state index contributed by atoms with van der Waals surface area (Å²) in [7, 11) is 0. The number of nitrogens with one attached hydrogen (secondary N) is 1. The van der Waals surface area contributed by atoms with E-state index in [-0.39, 0.29) is 18.1 Å². The van der Waals surface area contributed by atoms with Crippen molar-refractivity contribution in [2.75, 3.05) is 11.9 Å². The molecule has 0 saturated carbocycles. The molecule has 0 spiro atoms. The summed E-state index contributed by atoms with van der Waals surface area (Å²) >= 11 is 0. The highest BCUT2D eigenvalue weighted by Gasteiger charge is 2.27. The zero-order chi connectivity index (χ0) is 23.2. The molecule has 7 nitrogen and oxygen atoms in total. The Hall–Kier alpha value is -4.00. The number of hydrogen-bond donors (Lipinski definition) is 1. The van der Waals surface area contributed by atoms with Gasteiger partial charge in [-0.2, -0.15) is 0 Å². The standard InChI is InChI=1S/C26H26N4O3/c1-3-5-17-30-24(29-21(31)16-15-18-11-7-6-8-12-18)22(26(32)33-4-2)23-25(30)28-20-14-10-9-13-19(20)27-23/h6-16H,3-5,17H2,1-2H3,(H,29,31)/b16-15+. The van der Waals surface area contributed by atoms with Crippen LogP contribution in [-0.2, 0) is 16.1 Å². The Morgan fingerprint density at radius 1 is 1.00 bits per heavy atom. The average Bonchev–Trinajstić information content (AvgIpc) is 3.12. The van der Waals surface area contributed by atoms with Gasteiger partial charge in [-0.1, -0.05) is 55.8 Å². The predicted octanol–water partition coefficient (Wildman–Crippen LogP) is 5.21. The summed E-state index contributed by atoms with van der Waals surface area (Å²) in [6, 6.07) is 17.0. The van der Waals surface area contributed by atoms with Gasteiger partial charge in [0, 0.05) is 12.6 Å². The number of esters is 1. The fraction of sp³-hybridized carbons (Fsp3) is 0.231. The van der Waals surface area contributed by atoms with Crippen molar-refractivity contribution in [1.82, 2.24) is 14.5 Å². The summed E-state index contributed by atoms with van der Waals surface area (Å²) < 4.78 is 7.19. The maximum atomic E-state index is 13.0. The van der Waals surface area contributed by atoms with E-state index in [9.17, 15) is 9.59 Å². The highest BCUT2D eigenvalue weighted by molar-refractivity contribution is 6.13. The quantitative estimate of drug-likeness (QED) is 0.299. The first-order valence-electron chi connectivity index (χ1n) is 11.1. The van der Waals surface area contributed by atoms with Gasteiger partial charge in [-0.15, -0.1) is 0 Å². The average molecular weight is 443 g/mol. The number of hydrogen-bond acceptors (Lipinski definition) is 5. The monoisotopic (exact) mass is 442 g/mol. The van der Waals surface area contributed by atoms with Gasteiger partial charge < -0.3 is 14.6 Å². The maximum Gasteiger partial charge on any atom is 0.344 e. The Morgan fingerprint density at radius 2 is 1.70 bits per heavy atom. The molecule has 168 valence electrons. The van der Waals surface area contributed by atoms with E-state index < -0.39 is 5.97 Å². The second-order valence-electron chi connectivity index (χ2n) is 7.57. The molecule has 0 bridgehead atoms. The first-order valence-corrected chi connectivity index (χ1v) is 11.1. The van der Waals surface area contributed by atoms with Gasteiger partial charge in [-0.05, 0) is 37.1 Å². The van der Waals surface area contributed by atoms with E-state index in [0.29, 0.717) is 29.0 Å². The van der Waals surface area contributed by atoms with E-state index in [4.69, 9.17) is 14.7 Å². The van der Waals surface area contributed by atoms with E-state index in [1.807, 2.05) is 59.2 Å².